The van der Waals surface area contributed by atoms with Crippen LogP contribution in [0.25, 0.3) is 0 Å². The first-order valence-electron chi connectivity index (χ1n) is 8.96. The van der Waals surface area contributed by atoms with Crippen LogP contribution in [0.3, 0.4) is 0 Å². The summed E-state index contributed by atoms with van der Waals surface area (Å²) in [5.74, 6) is -3.65. The molecular weight excluding hydrogens is 380 g/mol. The number of nitrogens with one attached hydrogen (secondary N) is 1. The molecule has 0 saturated heterocycles. The number of fused-ring (bicyclic) bond motifs is 2. The van der Waals surface area contributed by atoms with Crippen molar-refractivity contribution in [1.82, 2.24) is 5.32 Å². The van der Waals surface area contributed by atoms with E-state index in [1.165, 1.54) is 22.3 Å². The van der Waals surface area contributed by atoms with Gasteiger partial charge in [0.25, 0.3) is 0 Å². The lowest BCUT2D eigenvalue weighted by Gasteiger charge is -2.11. The van der Waals surface area contributed by atoms with Crippen molar-refractivity contribution in [3.05, 3.63) is 69.7 Å². The van der Waals surface area contributed by atoms with Gasteiger partial charge in [-0.3, -0.25) is 4.99 Å². The van der Waals surface area contributed by atoms with Crippen molar-refractivity contribution in [2.75, 3.05) is 20.1 Å². The first-order valence-corrected chi connectivity index (χ1v) is 9.34. The molecule has 0 aromatic heterocycles. The molecule has 2 aromatic carbocycles. The average Bonchev–Trinajstić information content (AvgIpc) is 2.82. The molecular formula is C21H23ClN2O4. The Labute approximate surface area is 168 Å². The molecule has 7 heteroatoms. The topological polar surface area (TPSA) is 99.0 Å². The third-order valence-corrected chi connectivity index (χ3v) is 4.54. The molecule has 1 aliphatic rings. The Morgan fingerprint density at radius 2 is 1.68 bits per heavy atom. The van der Waals surface area contributed by atoms with Crippen LogP contribution in [0.2, 0.25) is 5.02 Å². The molecule has 0 bridgehead atoms. The summed E-state index contributed by atoms with van der Waals surface area (Å²) in [6.07, 6.45) is 3.14. The van der Waals surface area contributed by atoms with Gasteiger partial charge in [0.05, 0.1) is 5.71 Å². The molecule has 0 radical (unpaired) electrons. The molecule has 3 N–H and O–H groups in total. The van der Waals surface area contributed by atoms with E-state index in [0.29, 0.717) is 0 Å². The van der Waals surface area contributed by atoms with Crippen molar-refractivity contribution in [2.24, 2.45) is 4.99 Å². The lowest BCUT2D eigenvalue weighted by Crippen LogP contribution is -2.11. The molecule has 2 aromatic rings. The van der Waals surface area contributed by atoms with E-state index in [2.05, 4.69) is 41.7 Å². The highest BCUT2D eigenvalue weighted by Crippen LogP contribution is 2.27. The number of hydrogen-bond donors (Lipinski definition) is 3. The number of carboxylic acids is 2. The fourth-order valence-electron chi connectivity index (χ4n) is 2.99. The molecule has 0 heterocycles. The summed E-state index contributed by atoms with van der Waals surface area (Å²) in [6.45, 7) is 1.82. The van der Waals surface area contributed by atoms with Crippen LogP contribution in [0.1, 0.15) is 28.7 Å². The summed E-state index contributed by atoms with van der Waals surface area (Å²) in [4.78, 5) is 23.1. The van der Waals surface area contributed by atoms with E-state index < -0.39 is 11.9 Å². The lowest BCUT2D eigenvalue weighted by molar-refractivity contribution is -0.159. The van der Waals surface area contributed by atoms with Crippen molar-refractivity contribution < 1.29 is 19.8 Å². The number of halogens is 1. The van der Waals surface area contributed by atoms with E-state index in [4.69, 9.17) is 36.4 Å². The molecule has 1 aliphatic carbocycles. The predicted molar refractivity (Wildman–Crippen MR) is 110 cm³/mol. The van der Waals surface area contributed by atoms with E-state index in [1.807, 2.05) is 13.1 Å². The van der Waals surface area contributed by atoms with Gasteiger partial charge in [-0.05, 0) is 56.1 Å². The number of rotatable bonds is 4. The minimum absolute atomic E-state index is 0.779. The highest BCUT2D eigenvalue weighted by Gasteiger charge is 2.19. The third-order valence-electron chi connectivity index (χ3n) is 4.30. The number of benzene rings is 2. The third kappa shape index (κ3) is 5.90. The van der Waals surface area contributed by atoms with Crippen LogP contribution < -0.4 is 5.32 Å². The number of nitrogens with zero attached hydrogens (tertiary/aromatic N) is 1. The van der Waals surface area contributed by atoms with Crippen molar-refractivity contribution in [3.8, 4) is 0 Å². The van der Waals surface area contributed by atoms with Crippen molar-refractivity contribution >= 4 is 29.3 Å². The smallest absolute Gasteiger partial charge is 0.414 e. The Hall–Kier alpha value is -2.70. The SMILES string of the molecule is CNCCC/N=C1/c2ccccc2CCc2ccc(Cl)cc21.O=C(O)C(=O)O. The van der Waals surface area contributed by atoms with E-state index >= 15 is 0 Å². The van der Waals surface area contributed by atoms with Crippen molar-refractivity contribution in [2.45, 2.75) is 19.3 Å². The Morgan fingerprint density at radius 1 is 1.04 bits per heavy atom. The number of aryl methyl sites for hydroxylation is 2. The highest BCUT2D eigenvalue weighted by atomic mass is 35.5. The molecule has 0 amide bonds. The molecule has 0 spiro atoms. The summed E-state index contributed by atoms with van der Waals surface area (Å²) in [7, 11) is 1.98. The fourth-order valence-corrected chi connectivity index (χ4v) is 3.16. The van der Waals surface area contributed by atoms with Crippen LogP contribution in [0.4, 0.5) is 0 Å². The summed E-state index contributed by atoms with van der Waals surface area (Å²) in [5.41, 5.74) is 6.27. The van der Waals surface area contributed by atoms with E-state index in [-0.39, 0.29) is 0 Å². The van der Waals surface area contributed by atoms with Crippen LogP contribution in [0, 0.1) is 0 Å². The molecule has 0 unspecified atom stereocenters. The molecule has 3 rings (SSSR count). The molecule has 0 saturated carbocycles. The Bertz CT molecular complexity index is 868. The van der Waals surface area contributed by atoms with Gasteiger partial charge in [0.1, 0.15) is 0 Å². The molecule has 0 atom stereocenters. The highest BCUT2D eigenvalue weighted by molar-refractivity contribution is 6.31. The summed E-state index contributed by atoms with van der Waals surface area (Å²) in [5, 5.41) is 18.7. The molecule has 0 aliphatic heterocycles. The summed E-state index contributed by atoms with van der Waals surface area (Å²) < 4.78 is 0. The van der Waals surface area contributed by atoms with Crippen molar-refractivity contribution in [1.29, 1.82) is 0 Å². The zero-order chi connectivity index (χ0) is 20.5. The maximum Gasteiger partial charge on any atom is 0.414 e. The Balaban J connectivity index is 0.000000409. The van der Waals surface area contributed by atoms with Gasteiger partial charge < -0.3 is 15.5 Å². The van der Waals surface area contributed by atoms with E-state index in [9.17, 15) is 0 Å². The van der Waals surface area contributed by atoms with E-state index in [0.717, 1.165) is 43.1 Å². The van der Waals surface area contributed by atoms with Crippen LogP contribution in [0.15, 0.2) is 47.5 Å². The minimum Gasteiger partial charge on any atom is -0.473 e. The van der Waals surface area contributed by atoms with Gasteiger partial charge in [-0.2, -0.15) is 0 Å². The first-order chi connectivity index (χ1) is 13.4. The van der Waals surface area contributed by atoms with Crippen LogP contribution in [-0.2, 0) is 22.4 Å². The van der Waals surface area contributed by atoms with Gasteiger partial charge in [-0.15, -0.1) is 0 Å². The van der Waals surface area contributed by atoms with Gasteiger partial charge >= 0.3 is 11.9 Å². The quantitative estimate of drug-likeness (QED) is 0.539. The largest absolute Gasteiger partial charge is 0.473 e. The number of carboxylic acid groups (broad SMARTS) is 2. The number of aliphatic carboxylic acids is 2. The zero-order valence-electron chi connectivity index (χ0n) is 15.6. The number of hydrogen-bond acceptors (Lipinski definition) is 4. The summed E-state index contributed by atoms with van der Waals surface area (Å²) >= 11 is 6.24. The van der Waals surface area contributed by atoms with Crippen LogP contribution in [-0.4, -0.2) is 48.0 Å². The summed E-state index contributed by atoms with van der Waals surface area (Å²) in [6, 6.07) is 14.8. The average molecular weight is 403 g/mol. The van der Waals surface area contributed by atoms with Crippen LogP contribution in [0.5, 0.6) is 0 Å². The number of carbonyl (C=O) groups is 2. The monoisotopic (exact) mass is 402 g/mol. The molecule has 0 fully saturated rings. The van der Waals surface area contributed by atoms with Crippen molar-refractivity contribution in [3.63, 3.8) is 0 Å². The normalized spacial score (nSPS) is 13.6. The maximum atomic E-state index is 9.10. The second-order valence-electron chi connectivity index (χ2n) is 6.26. The molecule has 28 heavy (non-hydrogen) atoms. The van der Waals surface area contributed by atoms with E-state index in [1.54, 1.807) is 0 Å². The maximum absolute atomic E-state index is 9.10. The Morgan fingerprint density at radius 3 is 2.32 bits per heavy atom. The second-order valence-corrected chi connectivity index (χ2v) is 6.69. The Kier molecular flexibility index (Phi) is 8.17. The molecule has 6 nitrogen and oxygen atoms in total. The van der Waals surface area contributed by atoms with Gasteiger partial charge in [0.2, 0.25) is 0 Å². The predicted octanol–water partition coefficient (Wildman–Crippen LogP) is 3.04. The van der Waals surface area contributed by atoms with Gasteiger partial charge in [0, 0.05) is 22.7 Å². The minimum atomic E-state index is -1.82. The lowest BCUT2D eigenvalue weighted by atomic mass is 9.98. The standard InChI is InChI=1S/C19H21ClN2.C2H2O4/c1-21-11-4-12-22-19-17-6-3-2-5-14(17)7-8-15-9-10-16(20)13-18(15)19;3-1(4)2(5)6/h2-3,5-6,9-10,13,21H,4,7-8,11-12H2,1H3;(H,3,4)(H,5,6)/b22-19-;. The number of aliphatic imine (C=N–C) groups is 1. The second kappa shape index (κ2) is 10.6. The van der Waals surface area contributed by atoms with Gasteiger partial charge in [-0.25, -0.2) is 9.59 Å². The van der Waals surface area contributed by atoms with Gasteiger partial charge in [0.15, 0.2) is 0 Å². The van der Waals surface area contributed by atoms with Crippen LogP contribution >= 0.6 is 11.6 Å². The zero-order valence-corrected chi connectivity index (χ0v) is 16.4. The molecule has 148 valence electrons. The first kappa shape index (κ1) is 21.6. The fraction of sp³-hybridized carbons (Fsp3) is 0.286. The van der Waals surface area contributed by atoms with Gasteiger partial charge in [-0.1, -0.05) is 41.9 Å².